The molecule has 0 radical (unpaired) electrons. The molecule has 0 aliphatic carbocycles. The van der Waals surface area contributed by atoms with Gasteiger partial charge in [-0.3, -0.25) is 14.3 Å². The van der Waals surface area contributed by atoms with Crippen molar-refractivity contribution in [3.05, 3.63) is 20.8 Å². The van der Waals surface area contributed by atoms with E-state index < -0.39 is 11.2 Å². The van der Waals surface area contributed by atoms with E-state index in [4.69, 9.17) is 4.74 Å². The highest BCUT2D eigenvalue weighted by atomic mass is 16.5. The second kappa shape index (κ2) is 5.61. The molecule has 2 aliphatic rings. The molecule has 0 bridgehead atoms. The summed E-state index contributed by atoms with van der Waals surface area (Å²) < 4.78 is 8.03. The largest absolute Gasteiger partial charge is 0.373 e. The first-order valence-corrected chi connectivity index (χ1v) is 7.30. The van der Waals surface area contributed by atoms with E-state index in [0.29, 0.717) is 12.6 Å². The van der Waals surface area contributed by atoms with Gasteiger partial charge in [0.1, 0.15) is 0 Å². The van der Waals surface area contributed by atoms with Crippen molar-refractivity contribution in [3.8, 4) is 0 Å². The normalized spacial score (nSPS) is 25.8. The lowest BCUT2D eigenvalue weighted by atomic mass is 10.2. The Morgan fingerprint density at radius 1 is 1.38 bits per heavy atom. The van der Waals surface area contributed by atoms with Crippen LogP contribution in [0.5, 0.6) is 0 Å². The van der Waals surface area contributed by atoms with Crippen molar-refractivity contribution in [3.63, 3.8) is 0 Å². The molecule has 0 amide bonds. The first kappa shape index (κ1) is 14.3. The fourth-order valence-electron chi connectivity index (χ4n) is 3.03. The van der Waals surface area contributed by atoms with Crippen LogP contribution in [0.2, 0.25) is 0 Å². The van der Waals surface area contributed by atoms with Gasteiger partial charge in [-0.25, -0.2) is 9.48 Å². The van der Waals surface area contributed by atoms with E-state index in [0.717, 1.165) is 28.9 Å². The fraction of sp³-hybridized carbons (Fsp3) is 0.769. The van der Waals surface area contributed by atoms with Gasteiger partial charge >= 0.3 is 5.69 Å². The highest BCUT2D eigenvalue weighted by Gasteiger charge is 2.32. The monoisotopic (exact) mass is 295 g/mol. The van der Waals surface area contributed by atoms with Crippen molar-refractivity contribution in [1.82, 2.24) is 19.2 Å². The van der Waals surface area contributed by atoms with Gasteiger partial charge in [0.05, 0.1) is 12.7 Å². The number of hydrogen-bond acceptors (Lipinski definition) is 6. The van der Waals surface area contributed by atoms with Crippen LogP contribution in [0.3, 0.4) is 0 Å². The van der Waals surface area contributed by atoms with Crippen molar-refractivity contribution in [1.29, 1.82) is 0 Å². The van der Waals surface area contributed by atoms with Gasteiger partial charge in [-0.1, -0.05) is 0 Å². The third-order valence-corrected chi connectivity index (χ3v) is 4.28. The van der Waals surface area contributed by atoms with E-state index in [-0.39, 0.29) is 11.9 Å². The smallest absolute Gasteiger partial charge is 0.346 e. The molecule has 8 heteroatoms. The molecular weight excluding hydrogens is 274 g/mol. The van der Waals surface area contributed by atoms with Gasteiger partial charge in [-0.15, -0.1) is 5.10 Å². The molecule has 1 N–H and O–H groups in total. The summed E-state index contributed by atoms with van der Waals surface area (Å²) in [6.45, 7) is 3.28. The Labute approximate surface area is 122 Å². The van der Waals surface area contributed by atoms with Crippen molar-refractivity contribution < 1.29 is 4.74 Å². The zero-order valence-corrected chi connectivity index (χ0v) is 12.4. The van der Waals surface area contributed by atoms with Crippen LogP contribution in [0.1, 0.15) is 12.8 Å². The Morgan fingerprint density at radius 3 is 3.00 bits per heavy atom. The van der Waals surface area contributed by atoms with Crippen LogP contribution in [0.4, 0.5) is 5.82 Å². The summed E-state index contributed by atoms with van der Waals surface area (Å²) in [4.78, 5) is 26.0. The van der Waals surface area contributed by atoms with Crippen LogP contribution in [-0.4, -0.2) is 57.6 Å². The molecule has 116 valence electrons. The second-order valence-corrected chi connectivity index (χ2v) is 5.75. The number of nitrogens with zero attached hydrogens (tertiary/aromatic N) is 4. The van der Waals surface area contributed by atoms with Crippen LogP contribution in [0.25, 0.3) is 0 Å². The van der Waals surface area contributed by atoms with Crippen molar-refractivity contribution >= 4 is 5.82 Å². The van der Waals surface area contributed by atoms with Gasteiger partial charge in [-0.05, 0) is 19.4 Å². The standard InChI is InChI=1S/C13H21N5O3/c1-16-12(19)11(15-17(2)13(16)20)14-6-10-7-18-5-3-4-9(18)8-21-10/h9-10H,3-8H2,1-2H3,(H,14,15). The third-order valence-electron chi connectivity index (χ3n) is 4.28. The van der Waals surface area contributed by atoms with E-state index in [2.05, 4.69) is 15.3 Å². The first-order chi connectivity index (χ1) is 10.1. The van der Waals surface area contributed by atoms with Gasteiger partial charge < -0.3 is 10.1 Å². The number of hydrogen-bond donors (Lipinski definition) is 1. The maximum Gasteiger partial charge on any atom is 0.346 e. The number of nitrogens with one attached hydrogen (secondary N) is 1. The molecule has 3 heterocycles. The molecule has 21 heavy (non-hydrogen) atoms. The predicted molar refractivity (Wildman–Crippen MR) is 77.5 cm³/mol. The van der Waals surface area contributed by atoms with Crippen LogP contribution in [0, 0.1) is 0 Å². The van der Waals surface area contributed by atoms with Crippen LogP contribution in [-0.2, 0) is 18.8 Å². The fourth-order valence-corrected chi connectivity index (χ4v) is 3.03. The quantitative estimate of drug-likeness (QED) is 0.751. The first-order valence-electron chi connectivity index (χ1n) is 7.30. The number of aromatic nitrogens is 3. The molecule has 1 aromatic heterocycles. The Morgan fingerprint density at radius 2 is 2.19 bits per heavy atom. The minimum atomic E-state index is -0.431. The number of aryl methyl sites for hydroxylation is 1. The molecule has 1 aromatic rings. The Balaban J connectivity index is 1.66. The van der Waals surface area contributed by atoms with E-state index in [1.54, 1.807) is 0 Å². The number of rotatable bonds is 3. The number of anilines is 1. The van der Waals surface area contributed by atoms with E-state index >= 15 is 0 Å². The highest BCUT2D eigenvalue weighted by molar-refractivity contribution is 5.29. The molecule has 2 saturated heterocycles. The van der Waals surface area contributed by atoms with Crippen LogP contribution < -0.4 is 16.6 Å². The lowest BCUT2D eigenvalue weighted by Crippen LogP contribution is -2.49. The lowest BCUT2D eigenvalue weighted by molar-refractivity contribution is -0.0416. The minimum absolute atomic E-state index is 0.0445. The maximum atomic E-state index is 12.0. The summed E-state index contributed by atoms with van der Waals surface area (Å²) in [5.74, 6) is 0.187. The molecule has 2 fully saturated rings. The summed E-state index contributed by atoms with van der Waals surface area (Å²) in [6.07, 6.45) is 2.49. The van der Waals surface area contributed by atoms with Crippen LogP contribution >= 0.6 is 0 Å². The molecule has 8 nitrogen and oxygen atoms in total. The van der Waals surface area contributed by atoms with Gasteiger partial charge in [0, 0.05) is 33.2 Å². The maximum absolute atomic E-state index is 12.0. The summed E-state index contributed by atoms with van der Waals surface area (Å²) in [5, 5.41) is 6.99. The van der Waals surface area contributed by atoms with Gasteiger partial charge in [0.25, 0.3) is 5.56 Å². The van der Waals surface area contributed by atoms with E-state index in [1.807, 2.05) is 0 Å². The summed E-state index contributed by atoms with van der Waals surface area (Å²) in [7, 11) is 2.97. The Bertz CT molecular complexity index is 638. The molecule has 0 saturated carbocycles. The van der Waals surface area contributed by atoms with E-state index in [9.17, 15) is 9.59 Å². The average Bonchev–Trinajstić information content (AvgIpc) is 2.95. The average molecular weight is 295 g/mol. The summed E-state index contributed by atoms with van der Waals surface area (Å²) >= 11 is 0. The SMILES string of the molecule is Cn1nc(NCC2CN3CCCC3CO2)c(=O)n(C)c1=O. The number of fused-ring (bicyclic) bond motifs is 1. The lowest BCUT2D eigenvalue weighted by Gasteiger charge is -2.35. The minimum Gasteiger partial charge on any atom is -0.373 e. The summed E-state index contributed by atoms with van der Waals surface area (Å²) in [6, 6.07) is 0.560. The zero-order valence-electron chi connectivity index (χ0n) is 12.4. The van der Waals surface area contributed by atoms with Gasteiger partial charge in [0.15, 0.2) is 0 Å². The molecule has 3 rings (SSSR count). The molecule has 0 spiro atoms. The van der Waals surface area contributed by atoms with Crippen molar-refractivity contribution in [2.24, 2.45) is 14.1 Å². The number of ether oxygens (including phenoxy) is 1. The molecule has 0 aromatic carbocycles. The van der Waals surface area contributed by atoms with Crippen LogP contribution in [0.15, 0.2) is 9.59 Å². The third kappa shape index (κ3) is 2.73. The Kier molecular flexibility index (Phi) is 3.81. The topological polar surface area (TPSA) is 81.4 Å². The predicted octanol–water partition coefficient (Wildman–Crippen LogP) is -1.25. The van der Waals surface area contributed by atoms with Crippen molar-refractivity contribution in [2.45, 2.75) is 25.0 Å². The molecular formula is C13H21N5O3. The number of morpholine rings is 1. The van der Waals surface area contributed by atoms with Gasteiger partial charge in [-0.2, -0.15) is 0 Å². The molecule has 2 aliphatic heterocycles. The summed E-state index contributed by atoms with van der Waals surface area (Å²) in [5.41, 5.74) is -0.840. The van der Waals surface area contributed by atoms with Crippen molar-refractivity contribution in [2.75, 3.05) is 31.6 Å². The van der Waals surface area contributed by atoms with Gasteiger partial charge in [0.2, 0.25) is 5.82 Å². The molecule has 2 atom stereocenters. The highest BCUT2D eigenvalue weighted by Crippen LogP contribution is 2.22. The van der Waals surface area contributed by atoms with E-state index in [1.165, 1.54) is 26.9 Å². The molecule has 2 unspecified atom stereocenters. The Hall–Kier alpha value is -1.67. The zero-order chi connectivity index (χ0) is 15.0. The second-order valence-electron chi connectivity index (χ2n) is 5.75.